The molecule has 1 aliphatic rings. The van der Waals surface area contributed by atoms with Gasteiger partial charge in [0.25, 0.3) is 0 Å². The Labute approximate surface area is 119 Å². The van der Waals surface area contributed by atoms with E-state index >= 15 is 0 Å². The lowest BCUT2D eigenvalue weighted by Gasteiger charge is -2.39. The maximum atomic E-state index is 12.4. The zero-order valence-corrected chi connectivity index (χ0v) is 12.5. The van der Waals surface area contributed by atoms with Gasteiger partial charge in [-0.25, -0.2) is 4.79 Å². The van der Waals surface area contributed by atoms with Crippen LogP contribution in [0.4, 0.5) is 10.5 Å². The quantitative estimate of drug-likeness (QED) is 0.810. The Kier molecular flexibility index (Phi) is 4.35. The molecule has 0 saturated carbocycles. The van der Waals surface area contributed by atoms with Gasteiger partial charge in [-0.3, -0.25) is 0 Å². The normalized spacial score (nSPS) is 23.3. The van der Waals surface area contributed by atoms with E-state index in [-0.39, 0.29) is 6.03 Å². The van der Waals surface area contributed by atoms with Crippen molar-refractivity contribution in [2.75, 3.05) is 5.32 Å². The van der Waals surface area contributed by atoms with E-state index in [1.165, 1.54) is 6.42 Å². The molecule has 19 heavy (non-hydrogen) atoms. The highest BCUT2D eigenvalue weighted by Crippen LogP contribution is 2.25. The van der Waals surface area contributed by atoms with Crippen molar-refractivity contribution in [1.82, 2.24) is 4.90 Å². The molecule has 4 heteroatoms. The average Bonchev–Trinajstić information content (AvgIpc) is 2.33. The zero-order valence-electron chi connectivity index (χ0n) is 11.7. The molecular weight excluding hydrogens is 260 g/mol. The Morgan fingerprint density at radius 1 is 1.32 bits per heavy atom. The summed E-state index contributed by atoms with van der Waals surface area (Å²) >= 11 is 5.98. The summed E-state index contributed by atoms with van der Waals surface area (Å²) < 4.78 is 0. The number of anilines is 1. The van der Waals surface area contributed by atoms with Crippen molar-refractivity contribution in [2.45, 2.75) is 52.1 Å². The van der Waals surface area contributed by atoms with E-state index in [1.807, 2.05) is 24.0 Å². The summed E-state index contributed by atoms with van der Waals surface area (Å²) in [6.07, 6.45) is 3.35. The summed E-state index contributed by atoms with van der Waals surface area (Å²) in [7, 11) is 0. The molecule has 1 fully saturated rings. The van der Waals surface area contributed by atoms with E-state index in [0.717, 1.165) is 24.1 Å². The first-order valence-corrected chi connectivity index (χ1v) is 7.22. The first kappa shape index (κ1) is 14.2. The number of aryl methyl sites for hydroxylation is 1. The summed E-state index contributed by atoms with van der Waals surface area (Å²) in [5.41, 5.74) is 1.82. The van der Waals surface area contributed by atoms with Crippen LogP contribution in [0.15, 0.2) is 18.2 Å². The summed E-state index contributed by atoms with van der Waals surface area (Å²) in [5, 5.41) is 3.62. The molecule has 0 spiro atoms. The lowest BCUT2D eigenvalue weighted by molar-refractivity contribution is 0.133. The van der Waals surface area contributed by atoms with Crippen molar-refractivity contribution in [3.63, 3.8) is 0 Å². The van der Waals surface area contributed by atoms with Crippen molar-refractivity contribution < 1.29 is 4.79 Å². The first-order chi connectivity index (χ1) is 8.99. The molecule has 1 aliphatic heterocycles. The number of carbonyl (C=O) groups excluding carboxylic acids is 1. The van der Waals surface area contributed by atoms with E-state index in [4.69, 9.17) is 11.6 Å². The van der Waals surface area contributed by atoms with Gasteiger partial charge in [0, 0.05) is 22.8 Å². The predicted molar refractivity (Wildman–Crippen MR) is 79.8 cm³/mol. The number of amides is 2. The SMILES string of the molecule is Cc1ccc(Cl)cc1NC(=O)N1[C@@H](C)CCC[C@@H]1C. The Bertz CT molecular complexity index is 465. The molecule has 0 bridgehead atoms. The van der Waals surface area contributed by atoms with Gasteiger partial charge < -0.3 is 10.2 Å². The molecule has 1 aromatic rings. The number of likely N-dealkylation sites (tertiary alicyclic amines) is 1. The number of piperidine rings is 1. The maximum Gasteiger partial charge on any atom is 0.322 e. The highest BCUT2D eigenvalue weighted by atomic mass is 35.5. The number of nitrogens with zero attached hydrogens (tertiary/aromatic N) is 1. The molecule has 1 N–H and O–H groups in total. The summed E-state index contributed by atoms with van der Waals surface area (Å²) in [6.45, 7) is 6.19. The fraction of sp³-hybridized carbons (Fsp3) is 0.533. The lowest BCUT2D eigenvalue weighted by Crippen LogP contribution is -2.49. The number of halogens is 1. The van der Waals surface area contributed by atoms with Crippen molar-refractivity contribution in [1.29, 1.82) is 0 Å². The number of rotatable bonds is 1. The number of benzene rings is 1. The maximum absolute atomic E-state index is 12.4. The van der Waals surface area contributed by atoms with Crippen LogP contribution in [0.25, 0.3) is 0 Å². The Morgan fingerprint density at radius 3 is 2.58 bits per heavy atom. The minimum atomic E-state index is -0.0231. The van der Waals surface area contributed by atoms with Gasteiger partial charge in [-0.15, -0.1) is 0 Å². The molecule has 1 aromatic carbocycles. The predicted octanol–water partition coefficient (Wildman–Crippen LogP) is 4.44. The van der Waals surface area contributed by atoms with Crippen molar-refractivity contribution in [3.8, 4) is 0 Å². The van der Waals surface area contributed by atoms with E-state index in [0.29, 0.717) is 17.1 Å². The van der Waals surface area contributed by atoms with Crippen molar-refractivity contribution in [2.24, 2.45) is 0 Å². The van der Waals surface area contributed by atoms with Crippen molar-refractivity contribution >= 4 is 23.3 Å². The number of urea groups is 1. The van der Waals surface area contributed by atoms with Crippen LogP contribution in [-0.2, 0) is 0 Å². The molecule has 2 rings (SSSR count). The molecule has 104 valence electrons. The first-order valence-electron chi connectivity index (χ1n) is 6.84. The number of carbonyl (C=O) groups is 1. The second-order valence-electron chi connectivity index (χ2n) is 5.43. The van der Waals surface area contributed by atoms with Crippen LogP contribution in [0, 0.1) is 6.92 Å². The van der Waals surface area contributed by atoms with Crippen LogP contribution < -0.4 is 5.32 Å². The average molecular weight is 281 g/mol. The van der Waals surface area contributed by atoms with Crippen LogP contribution in [0.1, 0.15) is 38.7 Å². The fourth-order valence-electron chi connectivity index (χ4n) is 2.73. The molecular formula is C15H21ClN2O. The molecule has 1 heterocycles. The van der Waals surface area contributed by atoms with Gasteiger partial charge in [-0.1, -0.05) is 17.7 Å². The van der Waals surface area contributed by atoms with Crippen LogP contribution in [0.5, 0.6) is 0 Å². The van der Waals surface area contributed by atoms with E-state index in [1.54, 1.807) is 6.07 Å². The van der Waals surface area contributed by atoms with Crippen LogP contribution in [0.3, 0.4) is 0 Å². The van der Waals surface area contributed by atoms with Gasteiger partial charge >= 0.3 is 6.03 Å². The summed E-state index contributed by atoms with van der Waals surface area (Å²) in [6, 6.07) is 6.12. The summed E-state index contributed by atoms with van der Waals surface area (Å²) in [4.78, 5) is 14.4. The molecule has 0 unspecified atom stereocenters. The van der Waals surface area contributed by atoms with Gasteiger partial charge in [0.05, 0.1) is 0 Å². The third-order valence-corrected chi connectivity index (χ3v) is 4.10. The molecule has 0 radical (unpaired) electrons. The van der Waals surface area contributed by atoms with E-state index < -0.39 is 0 Å². The van der Waals surface area contributed by atoms with E-state index in [9.17, 15) is 4.79 Å². The zero-order chi connectivity index (χ0) is 14.0. The second kappa shape index (κ2) is 5.83. The highest BCUT2D eigenvalue weighted by Gasteiger charge is 2.29. The smallest absolute Gasteiger partial charge is 0.319 e. The molecule has 0 aromatic heterocycles. The van der Waals surface area contributed by atoms with Crippen molar-refractivity contribution in [3.05, 3.63) is 28.8 Å². The van der Waals surface area contributed by atoms with Gasteiger partial charge in [0.1, 0.15) is 0 Å². The molecule has 0 aliphatic carbocycles. The number of hydrogen-bond acceptors (Lipinski definition) is 1. The van der Waals surface area contributed by atoms with Crippen LogP contribution >= 0.6 is 11.6 Å². The molecule has 1 saturated heterocycles. The van der Waals surface area contributed by atoms with Gasteiger partial charge in [0.15, 0.2) is 0 Å². The standard InChI is InChI=1S/C15H21ClN2O/c1-10-7-8-13(16)9-14(10)17-15(19)18-11(2)5-4-6-12(18)3/h7-9,11-12H,4-6H2,1-3H3,(H,17,19)/t11-,12-/m0/s1. The Balaban J connectivity index is 2.13. The third-order valence-electron chi connectivity index (χ3n) is 3.87. The van der Waals surface area contributed by atoms with E-state index in [2.05, 4.69) is 19.2 Å². The highest BCUT2D eigenvalue weighted by molar-refractivity contribution is 6.31. The number of hydrogen-bond donors (Lipinski definition) is 1. The van der Waals surface area contributed by atoms with Gasteiger partial charge in [0.2, 0.25) is 0 Å². The van der Waals surface area contributed by atoms with Gasteiger partial charge in [-0.2, -0.15) is 0 Å². The fourth-order valence-corrected chi connectivity index (χ4v) is 2.90. The minimum absolute atomic E-state index is 0.0231. The lowest BCUT2D eigenvalue weighted by atomic mass is 9.98. The summed E-state index contributed by atoms with van der Waals surface area (Å²) in [5.74, 6) is 0. The third kappa shape index (κ3) is 3.21. The molecule has 2 atom stereocenters. The van der Waals surface area contributed by atoms with Crippen LogP contribution in [-0.4, -0.2) is 23.0 Å². The van der Waals surface area contributed by atoms with Crippen LogP contribution in [0.2, 0.25) is 5.02 Å². The minimum Gasteiger partial charge on any atom is -0.319 e. The van der Waals surface area contributed by atoms with Gasteiger partial charge in [-0.05, 0) is 57.7 Å². The molecule has 3 nitrogen and oxygen atoms in total. The topological polar surface area (TPSA) is 32.3 Å². The monoisotopic (exact) mass is 280 g/mol. The second-order valence-corrected chi connectivity index (χ2v) is 5.86. The number of nitrogens with one attached hydrogen (secondary N) is 1. The Morgan fingerprint density at radius 2 is 1.95 bits per heavy atom. The molecule has 2 amide bonds. The largest absolute Gasteiger partial charge is 0.322 e. The Hall–Kier alpha value is -1.22.